The molecule has 0 saturated carbocycles. The molecule has 1 aromatic carbocycles. The van der Waals surface area contributed by atoms with Crippen molar-refractivity contribution >= 4 is 23.4 Å². The van der Waals surface area contributed by atoms with Crippen LogP contribution in [0.15, 0.2) is 46.2 Å². The highest BCUT2D eigenvalue weighted by Gasteiger charge is 2.15. The Labute approximate surface area is 140 Å². The molecule has 0 atom stereocenters. The lowest BCUT2D eigenvalue weighted by molar-refractivity contribution is -0.113. The minimum Gasteiger partial charge on any atom is -0.454 e. The summed E-state index contributed by atoms with van der Waals surface area (Å²) in [7, 11) is 0. The molecular formula is C15H12N4O4S. The van der Waals surface area contributed by atoms with Crippen LogP contribution >= 0.6 is 11.8 Å². The van der Waals surface area contributed by atoms with E-state index in [1.165, 1.54) is 11.8 Å². The highest BCUT2D eigenvalue weighted by molar-refractivity contribution is 7.99. The molecule has 24 heavy (non-hydrogen) atoms. The van der Waals surface area contributed by atoms with Crippen molar-refractivity contribution in [3.05, 3.63) is 36.5 Å². The zero-order valence-electron chi connectivity index (χ0n) is 12.3. The summed E-state index contributed by atoms with van der Waals surface area (Å²) in [4.78, 5) is 15.0. The van der Waals surface area contributed by atoms with Crippen molar-refractivity contribution in [2.75, 3.05) is 17.9 Å². The molecule has 2 aromatic heterocycles. The zero-order valence-corrected chi connectivity index (χ0v) is 13.1. The number of hydrogen-bond donors (Lipinski definition) is 2. The van der Waals surface area contributed by atoms with Crippen LogP contribution in [0.3, 0.4) is 0 Å². The van der Waals surface area contributed by atoms with Crippen LogP contribution in [0.2, 0.25) is 0 Å². The second kappa shape index (κ2) is 6.28. The molecule has 2 N–H and O–H groups in total. The molecule has 0 radical (unpaired) electrons. The van der Waals surface area contributed by atoms with Crippen molar-refractivity contribution in [3.8, 4) is 23.1 Å². The van der Waals surface area contributed by atoms with Gasteiger partial charge in [-0.2, -0.15) is 0 Å². The summed E-state index contributed by atoms with van der Waals surface area (Å²) in [5.74, 6) is 1.65. The Kier molecular flexibility index (Phi) is 3.83. The predicted molar refractivity (Wildman–Crippen MR) is 86.0 cm³/mol. The zero-order chi connectivity index (χ0) is 16.4. The number of nitrogens with one attached hydrogen (secondary N) is 2. The Morgan fingerprint density at radius 1 is 1.25 bits per heavy atom. The normalized spacial score (nSPS) is 12.3. The van der Waals surface area contributed by atoms with Crippen LogP contribution in [-0.4, -0.2) is 33.6 Å². The highest BCUT2D eigenvalue weighted by Crippen LogP contribution is 2.34. The van der Waals surface area contributed by atoms with Gasteiger partial charge in [-0.3, -0.25) is 4.79 Å². The summed E-state index contributed by atoms with van der Waals surface area (Å²) in [5, 5.41) is 11.0. The fourth-order valence-corrected chi connectivity index (χ4v) is 2.70. The fraction of sp³-hybridized carbons (Fsp3) is 0.133. The Balaban J connectivity index is 1.33. The molecular weight excluding hydrogens is 332 g/mol. The van der Waals surface area contributed by atoms with Gasteiger partial charge in [0.05, 0.1) is 5.75 Å². The summed E-state index contributed by atoms with van der Waals surface area (Å²) >= 11 is 1.17. The Morgan fingerprint density at radius 2 is 2.17 bits per heavy atom. The number of anilines is 1. The van der Waals surface area contributed by atoms with Gasteiger partial charge in [0.1, 0.15) is 5.69 Å². The van der Waals surface area contributed by atoms with Gasteiger partial charge in [-0.05, 0) is 24.3 Å². The number of ether oxygens (including phenoxy) is 2. The Bertz CT molecular complexity index is 862. The van der Waals surface area contributed by atoms with Crippen LogP contribution in [0, 0.1) is 0 Å². The summed E-state index contributed by atoms with van der Waals surface area (Å²) in [6.45, 7) is 0.197. The number of thioether (sulfide) groups is 1. The quantitative estimate of drug-likeness (QED) is 0.686. The van der Waals surface area contributed by atoms with E-state index in [1.807, 2.05) is 12.1 Å². The highest BCUT2D eigenvalue weighted by atomic mass is 32.2. The number of aromatic nitrogens is 3. The average molecular weight is 344 g/mol. The third-order valence-electron chi connectivity index (χ3n) is 3.22. The van der Waals surface area contributed by atoms with Gasteiger partial charge in [0.15, 0.2) is 11.5 Å². The van der Waals surface area contributed by atoms with Crippen LogP contribution in [-0.2, 0) is 4.79 Å². The van der Waals surface area contributed by atoms with E-state index in [0.29, 0.717) is 28.3 Å². The van der Waals surface area contributed by atoms with E-state index in [-0.39, 0.29) is 18.5 Å². The van der Waals surface area contributed by atoms with Crippen molar-refractivity contribution < 1.29 is 18.7 Å². The lowest BCUT2D eigenvalue weighted by atomic mass is 10.3. The average Bonchev–Trinajstić information content (AvgIpc) is 3.32. The number of benzene rings is 1. The minimum absolute atomic E-state index is 0.154. The number of amides is 1. The summed E-state index contributed by atoms with van der Waals surface area (Å²) in [6.07, 6.45) is 1.77. The topological polar surface area (TPSA) is 102 Å². The first-order chi connectivity index (χ1) is 11.8. The molecule has 0 fully saturated rings. The van der Waals surface area contributed by atoms with E-state index < -0.39 is 0 Å². The van der Waals surface area contributed by atoms with Crippen LogP contribution < -0.4 is 14.8 Å². The maximum Gasteiger partial charge on any atom is 0.277 e. The van der Waals surface area contributed by atoms with Crippen LogP contribution in [0.4, 0.5) is 5.69 Å². The molecule has 1 aliphatic rings. The van der Waals surface area contributed by atoms with E-state index in [9.17, 15) is 4.79 Å². The molecule has 3 heterocycles. The summed E-state index contributed by atoms with van der Waals surface area (Å²) < 4.78 is 16.0. The van der Waals surface area contributed by atoms with Crippen LogP contribution in [0.1, 0.15) is 0 Å². The number of rotatable bonds is 5. The van der Waals surface area contributed by atoms with Crippen LogP contribution in [0.25, 0.3) is 11.6 Å². The number of aromatic amines is 1. The standard InChI is InChI=1S/C15H12N4O4S/c20-13(17-9-3-4-11-12(6-9)22-8-21-11)7-24-15-19-18-14(23-15)10-2-1-5-16-10/h1-6,16H,7-8H2,(H,17,20). The number of H-pyrrole nitrogens is 1. The lowest BCUT2D eigenvalue weighted by Crippen LogP contribution is -2.13. The SMILES string of the molecule is O=C(CSc1nnc(-c2ccc[nH]2)o1)Nc1ccc2c(c1)OCO2. The number of carbonyl (C=O) groups is 1. The molecule has 0 spiro atoms. The van der Waals surface area contributed by atoms with Gasteiger partial charge in [-0.25, -0.2) is 0 Å². The first kappa shape index (κ1) is 14.6. The molecule has 1 aliphatic heterocycles. The smallest absolute Gasteiger partial charge is 0.277 e. The van der Waals surface area contributed by atoms with E-state index in [1.54, 1.807) is 24.4 Å². The first-order valence-electron chi connectivity index (χ1n) is 7.07. The molecule has 1 amide bonds. The Hall–Kier alpha value is -2.94. The van der Waals surface area contributed by atoms with Crippen molar-refractivity contribution in [1.82, 2.24) is 15.2 Å². The minimum atomic E-state index is -0.182. The van der Waals surface area contributed by atoms with Gasteiger partial charge in [0, 0.05) is 18.0 Å². The van der Waals surface area contributed by atoms with Gasteiger partial charge < -0.3 is 24.2 Å². The molecule has 0 saturated heterocycles. The maximum absolute atomic E-state index is 12.0. The van der Waals surface area contributed by atoms with Gasteiger partial charge in [-0.1, -0.05) is 11.8 Å². The fourth-order valence-electron chi connectivity index (χ4n) is 2.14. The van der Waals surface area contributed by atoms with E-state index in [2.05, 4.69) is 20.5 Å². The van der Waals surface area contributed by atoms with Crippen molar-refractivity contribution in [2.45, 2.75) is 5.22 Å². The third kappa shape index (κ3) is 3.06. The molecule has 0 aliphatic carbocycles. The molecule has 8 nitrogen and oxygen atoms in total. The molecule has 0 bridgehead atoms. The third-order valence-corrected chi connectivity index (χ3v) is 4.04. The number of nitrogens with zero attached hydrogens (tertiary/aromatic N) is 2. The predicted octanol–water partition coefficient (Wildman–Crippen LogP) is 2.52. The van der Waals surface area contributed by atoms with E-state index in [0.717, 1.165) is 5.69 Å². The van der Waals surface area contributed by atoms with Gasteiger partial charge >= 0.3 is 0 Å². The van der Waals surface area contributed by atoms with Gasteiger partial charge in [0.25, 0.3) is 11.1 Å². The van der Waals surface area contributed by atoms with E-state index in [4.69, 9.17) is 13.9 Å². The number of fused-ring (bicyclic) bond motifs is 1. The molecule has 122 valence electrons. The lowest BCUT2D eigenvalue weighted by Gasteiger charge is -2.04. The monoisotopic (exact) mass is 344 g/mol. The molecule has 4 rings (SSSR count). The second-order valence-electron chi connectivity index (χ2n) is 4.86. The maximum atomic E-state index is 12.0. The number of hydrogen-bond acceptors (Lipinski definition) is 7. The molecule has 3 aromatic rings. The number of carbonyl (C=O) groups excluding carboxylic acids is 1. The first-order valence-corrected chi connectivity index (χ1v) is 8.06. The van der Waals surface area contributed by atoms with Crippen molar-refractivity contribution in [1.29, 1.82) is 0 Å². The van der Waals surface area contributed by atoms with Crippen LogP contribution in [0.5, 0.6) is 11.5 Å². The molecule has 0 unspecified atom stereocenters. The van der Waals surface area contributed by atoms with Gasteiger partial charge in [-0.15, -0.1) is 10.2 Å². The Morgan fingerprint density at radius 3 is 3.04 bits per heavy atom. The second-order valence-corrected chi connectivity index (χ2v) is 5.79. The summed E-state index contributed by atoms with van der Waals surface area (Å²) in [6, 6.07) is 8.90. The largest absolute Gasteiger partial charge is 0.454 e. The van der Waals surface area contributed by atoms with E-state index >= 15 is 0 Å². The van der Waals surface area contributed by atoms with Gasteiger partial charge in [0.2, 0.25) is 12.7 Å². The van der Waals surface area contributed by atoms with Crippen molar-refractivity contribution in [3.63, 3.8) is 0 Å². The summed E-state index contributed by atoms with van der Waals surface area (Å²) in [5.41, 5.74) is 1.38. The molecule has 9 heteroatoms. The van der Waals surface area contributed by atoms with Crippen molar-refractivity contribution in [2.24, 2.45) is 0 Å².